The second-order valence-electron chi connectivity index (χ2n) is 7.02. The Balaban J connectivity index is 0.000000148. The van der Waals surface area contributed by atoms with Gasteiger partial charge in [-0.1, -0.05) is 0 Å². The van der Waals surface area contributed by atoms with Gasteiger partial charge in [0.2, 0.25) is 0 Å². The summed E-state index contributed by atoms with van der Waals surface area (Å²) in [6, 6.07) is 0. The minimum Gasteiger partial charge on any atom is -0.306 e. The van der Waals surface area contributed by atoms with Crippen molar-refractivity contribution in [1.29, 1.82) is 0 Å². The van der Waals surface area contributed by atoms with Crippen molar-refractivity contribution in [2.24, 2.45) is 11.8 Å². The predicted octanol–water partition coefficient (Wildman–Crippen LogP) is 0.363. The van der Waals surface area contributed by atoms with Crippen LogP contribution in [0.3, 0.4) is 0 Å². The summed E-state index contributed by atoms with van der Waals surface area (Å²) < 4.78 is 0. The van der Waals surface area contributed by atoms with Gasteiger partial charge in [0.1, 0.15) is 0 Å². The van der Waals surface area contributed by atoms with Crippen LogP contribution in [0.15, 0.2) is 0 Å². The highest BCUT2D eigenvalue weighted by Crippen LogP contribution is 2.26. The lowest BCUT2D eigenvalue weighted by Crippen LogP contribution is -2.50. The van der Waals surface area contributed by atoms with Crippen LogP contribution in [0.5, 0.6) is 0 Å². The number of piperazine rings is 1. The summed E-state index contributed by atoms with van der Waals surface area (Å²) in [6.07, 6.45) is 1.48. The van der Waals surface area contributed by atoms with E-state index in [9.17, 15) is 0 Å². The van der Waals surface area contributed by atoms with Gasteiger partial charge >= 0.3 is 0 Å². The summed E-state index contributed by atoms with van der Waals surface area (Å²) in [5.74, 6) is 1.91. The molecule has 3 saturated heterocycles. The smallest absolute Gasteiger partial charge is 0.0107 e. The van der Waals surface area contributed by atoms with Crippen molar-refractivity contribution in [1.82, 2.24) is 19.6 Å². The van der Waals surface area contributed by atoms with Crippen molar-refractivity contribution in [2.45, 2.75) is 6.42 Å². The maximum Gasteiger partial charge on any atom is 0.0107 e. The average molecular weight is 268 g/mol. The summed E-state index contributed by atoms with van der Waals surface area (Å²) >= 11 is 0. The van der Waals surface area contributed by atoms with E-state index in [1.165, 1.54) is 58.8 Å². The summed E-state index contributed by atoms with van der Waals surface area (Å²) in [4.78, 5) is 9.71. The summed E-state index contributed by atoms with van der Waals surface area (Å²) in [5, 5.41) is 0. The van der Waals surface area contributed by atoms with Gasteiger partial charge in [0.15, 0.2) is 0 Å². The van der Waals surface area contributed by atoms with Crippen molar-refractivity contribution in [3.05, 3.63) is 0 Å². The molecule has 0 aromatic carbocycles. The molecule has 4 nitrogen and oxygen atoms in total. The Bertz CT molecular complexity index is 219. The van der Waals surface area contributed by atoms with Crippen LogP contribution in [0.2, 0.25) is 0 Å². The van der Waals surface area contributed by atoms with Crippen LogP contribution in [-0.4, -0.2) is 100 Å². The largest absolute Gasteiger partial charge is 0.306 e. The number of nitrogens with zero attached hydrogens (tertiary/aromatic N) is 4. The fraction of sp³-hybridized carbons (Fsp3) is 1.00. The molecule has 0 aliphatic carbocycles. The van der Waals surface area contributed by atoms with Crippen LogP contribution in [-0.2, 0) is 0 Å². The normalized spacial score (nSPS) is 34.7. The van der Waals surface area contributed by atoms with E-state index in [4.69, 9.17) is 0 Å². The van der Waals surface area contributed by atoms with E-state index in [0.29, 0.717) is 0 Å². The van der Waals surface area contributed by atoms with Crippen molar-refractivity contribution < 1.29 is 0 Å². The van der Waals surface area contributed by atoms with Gasteiger partial charge in [-0.3, -0.25) is 0 Å². The van der Waals surface area contributed by atoms with Crippen molar-refractivity contribution in [3.63, 3.8) is 0 Å². The van der Waals surface area contributed by atoms with Gasteiger partial charge in [-0.15, -0.1) is 0 Å². The van der Waals surface area contributed by atoms with Crippen LogP contribution in [0.1, 0.15) is 6.42 Å². The molecule has 3 fully saturated rings. The molecule has 112 valence electrons. The van der Waals surface area contributed by atoms with E-state index in [2.05, 4.69) is 47.8 Å². The Morgan fingerprint density at radius 3 is 1.16 bits per heavy atom. The minimum absolute atomic E-state index is 0.956. The molecule has 4 heteroatoms. The third-order valence-corrected chi connectivity index (χ3v) is 4.67. The topological polar surface area (TPSA) is 13.0 Å². The molecule has 0 aromatic heterocycles. The molecule has 0 atom stereocenters. The molecule has 0 spiro atoms. The number of hydrogen-bond donors (Lipinski definition) is 0. The van der Waals surface area contributed by atoms with Crippen LogP contribution < -0.4 is 0 Å². The van der Waals surface area contributed by atoms with Gasteiger partial charge in [-0.2, -0.15) is 0 Å². The van der Waals surface area contributed by atoms with Gasteiger partial charge in [-0.25, -0.2) is 0 Å². The highest BCUT2D eigenvalue weighted by atomic mass is 15.2. The van der Waals surface area contributed by atoms with Crippen LogP contribution >= 0.6 is 0 Å². The Labute approximate surface area is 119 Å². The maximum atomic E-state index is 2.49. The van der Waals surface area contributed by atoms with E-state index in [-0.39, 0.29) is 0 Å². The lowest BCUT2D eigenvalue weighted by molar-refractivity contribution is 0.0569. The molecule has 3 heterocycles. The van der Waals surface area contributed by atoms with Crippen molar-refractivity contribution in [2.75, 3.05) is 80.5 Å². The average Bonchev–Trinajstić information content (AvgIpc) is 2.32. The second-order valence-corrected chi connectivity index (χ2v) is 7.02. The fourth-order valence-electron chi connectivity index (χ4n) is 3.70. The lowest BCUT2D eigenvalue weighted by atomic mass is 9.85. The third-order valence-electron chi connectivity index (χ3n) is 4.67. The summed E-state index contributed by atoms with van der Waals surface area (Å²) in [6.45, 7) is 10.2. The zero-order valence-electron chi connectivity index (χ0n) is 13.3. The van der Waals surface area contributed by atoms with Crippen LogP contribution in [0, 0.1) is 11.8 Å². The lowest BCUT2D eigenvalue weighted by Gasteiger charge is -2.43. The summed E-state index contributed by atoms with van der Waals surface area (Å²) in [7, 11) is 8.86. The second kappa shape index (κ2) is 7.02. The molecule has 3 aliphatic rings. The first-order chi connectivity index (χ1) is 9.02. The SMILES string of the molecule is CN1CC2CC(C1)CN(C)C2.CN1CCN(C)CC1. The molecule has 0 N–H and O–H groups in total. The molecule has 0 radical (unpaired) electrons. The van der Waals surface area contributed by atoms with Gasteiger partial charge < -0.3 is 19.6 Å². The van der Waals surface area contributed by atoms with Gasteiger partial charge in [0.25, 0.3) is 0 Å². The standard InChI is InChI=1S/C9H18N2.C6H14N2/c1-10-4-8-3-9(5-10)7-11(2)6-8;1-7-3-5-8(2)6-4-7/h8-9H,3-7H2,1-2H3;3-6H2,1-2H3. The fourth-order valence-corrected chi connectivity index (χ4v) is 3.70. The summed E-state index contributed by atoms with van der Waals surface area (Å²) in [5.41, 5.74) is 0. The van der Waals surface area contributed by atoms with Crippen molar-refractivity contribution >= 4 is 0 Å². The first-order valence-electron chi connectivity index (χ1n) is 7.77. The Hall–Kier alpha value is -0.160. The Morgan fingerprint density at radius 1 is 0.526 bits per heavy atom. The first kappa shape index (κ1) is 15.2. The predicted molar refractivity (Wildman–Crippen MR) is 81.6 cm³/mol. The number of likely N-dealkylation sites (tertiary alicyclic amines) is 2. The number of likely N-dealkylation sites (N-methyl/N-ethyl adjacent to an activating group) is 2. The van der Waals surface area contributed by atoms with Gasteiger partial charge in [-0.05, 0) is 46.4 Å². The van der Waals surface area contributed by atoms with Crippen LogP contribution in [0.25, 0.3) is 0 Å². The number of fused-ring (bicyclic) bond motifs is 2. The van der Waals surface area contributed by atoms with E-state index < -0.39 is 0 Å². The third kappa shape index (κ3) is 5.03. The molecule has 0 aromatic rings. The van der Waals surface area contributed by atoms with Gasteiger partial charge in [0.05, 0.1) is 0 Å². The Morgan fingerprint density at radius 2 is 0.842 bits per heavy atom. The Kier molecular flexibility index (Phi) is 5.63. The van der Waals surface area contributed by atoms with Crippen LogP contribution in [0.4, 0.5) is 0 Å². The van der Waals surface area contributed by atoms with Crippen molar-refractivity contribution in [3.8, 4) is 0 Å². The van der Waals surface area contributed by atoms with E-state index in [1.54, 1.807) is 0 Å². The molecule has 19 heavy (non-hydrogen) atoms. The molecular formula is C15H32N4. The highest BCUT2D eigenvalue weighted by molar-refractivity contribution is 4.85. The number of piperidine rings is 2. The van der Waals surface area contributed by atoms with E-state index in [0.717, 1.165) is 11.8 Å². The van der Waals surface area contributed by atoms with E-state index in [1.807, 2.05) is 0 Å². The molecule has 3 aliphatic heterocycles. The molecule has 0 unspecified atom stereocenters. The molecule has 2 bridgehead atoms. The quantitative estimate of drug-likeness (QED) is 0.629. The van der Waals surface area contributed by atoms with E-state index >= 15 is 0 Å². The minimum atomic E-state index is 0.956. The monoisotopic (exact) mass is 268 g/mol. The number of rotatable bonds is 0. The molecule has 0 amide bonds. The van der Waals surface area contributed by atoms with Gasteiger partial charge in [0, 0.05) is 52.4 Å². The maximum absolute atomic E-state index is 2.49. The molecule has 3 rings (SSSR count). The highest BCUT2D eigenvalue weighted by Gasteiger charge is 2.30. The zero-order chi connectivity index (χ0) is 13.8. The first-order valence-corrected chi connectivity index (χ1v) is 7.77. The zero-order valence-corrected chi connectivity index (χ0v) is 13.3. The molecular weight excluding hydrogens is 236 g/mol. The molecule has 0 saturated carbocycles. The number of hydrogen-bond acceptors (Lipinski definition) is 4.